The Balaban J connectivity index is 2.93. The molecule has 0 N–H and O–H groups in total. The second-order valence-electron chi connectivity index (χ2n) is 2.21. The molecule has 0 fully saturated rings. The van der Waals surface area contributed by atoms with Crippen LogP contribution in [-0.2, 0) is 6.42 Å². The summed E-state index contributed by atoms with van der Waals surface area (Å²) in [6, 6.07) is 5.79. The fraction of sp³-hybridized carbons (Fsp3) is 0.250. The van der Waals surface area contributed by atoms with Crippen LogP contribution in [0.3, 0.4) is 0 Å². The van der Waals surface area contributed by atoms with E-state index >= 15 is 0 Å². The first kappa shape index (κ1) is 9.43. The van der Waals surface area contributed by atoms with Crippen LogP contribution in [0.4, 0.5) is 0 Å². The monoisotopic (exact) mass is 250 g/mol. The van der Waals surface area contributed by atoms with E-state index in [2.05, 4.69) is 28.6 Å². The van der Waals surface area contributed by atoms with Crippen LogP contribution in [0.15, 0.2) is 22.7 Å². The maximum absolute atomic E-state index is 5.81. The second kappa shape index (κ2) is 4.39. The summed E-state index contributed by atoms with van der Waals surface area (Å²) in [6.07, 6.45) is 0.949. The zero-order chi connectivity index (χ0) is 8.27. The van der Waals surface area contributed by atoms with Gasteiger partial charge in [-0.15, -0.1) is 0 Å². The van der Waals surface area contributed by atoms with E-state index in [1.54, 1.807) is 0 Å². The lowest BCUT2D eigenvalue weighted by molar-refractivity contribution is 1.15. The molecule has 0 saturated carbocycles. The van der Waals surface area contributed by atoms with Gasteiger partial charge in [0.2, 0.25) is 0 Å². The molecule has 0 radical (unpaired) electrons. The van der Waals surface area contributed by atoms with Crippen LogP contribution >= 0.6 is 40.2 Å². The Labute approximate surface area is 85.5 Å². The molecule has 1 rings (SSSR count). The molecule has 0 aliphatic rings. The first-order chi connectivity index (χ1) is 5.24. The Morgan fingerprint density at radius 2 is 2.18 bits per heavy atom. The van der Waals surface area contributed by atoms with Gasteiger partial charge in [0.1, 0.15) is 0 Å². The average molecular weight is 252 g/mol. The Morgan fingerprint density at radius 3 is 2.82 bits per heavy atom. The molecule has 0 amide bonds. The lowest BCUT2D eigenvalue weighted by Crippen LogP contribution is -1.87. The van der Waals surface area contributed by atoms with Crippen molar-refractivity contribution in [2.45, 2.75) is 6.42 Å². The lowest BCUT2D eigenvalue weighted by Gasteiger charge is -2.01. The third-order valence-electron chi connectivity index (χ3n) is 1.39. The number of hydrogen-bond acceptors (Lipinski definition) is 1. The van der Waals surface area contributed by atoms with Crippen molar-refractivity contribution in [3.05, 3.63) is 33.3 Å². The standard InChI is InChI=1S/C8H8BrClS/c9-8-2-1-7(10)5-6(8)3-4-11/h1-2,5,11H,3-4H2. The fourth-order valence-electron chi connectivity index (χ4n) is 0.855. The Morgan fingerprint density at radius 1 is 1.45 bits per heavy atom. The van der Waals surface area contributed by atoms with Crippen LogP contribution in [0.2, 0.25) is 5.02 Å². The highest BCUT2D eigenvalue weighted by Crippen LogP contribution is 2.21. The number of hydrogen-bond donors (Lipinski definition) is 1. The van der Waals surface area contributed by atoms with Crippen LogP contribution in [0.25, 0.3) is 0 Å². The van der Waals surface area contributed by atoms with Crippen LogP contribution in [-0.4, -0.2) is 5.75 Å². The molecule has 0 aliphatic heterocycles. The SMILES string of the molecule is SCCc1cc(Cl)ccc1Br. The average Bonchev–Trinajstić information content (AvgIpc) is 1.98. The molecular formula is C8H8BrClS. The molecule has 11 heavy (non-hydrogen) atoms. The van der Waals surface area contributed by atoms with Crippen LogP contribution < -0.4 is 0 Å². The predicted octanol–water partition coefficient (Wildman–Crippen LogP) is 3.57. The largest absolute Gasteiger partial charge is 0.179 e. The van der Waals surface area contributed by atoms with Crippen molar-refractivity contribution in [3.63, 3.8) is 0 Å². The van der Waals surface area contributed by atoms with Crippen LogP contribution in [0.5, 0.6) is 0 Å². The van der Waals surface area contributed by atoms with Crippen LogP contribution in [0, 0.1) is 0 Å². The van der Waals surface area contributed by atoms with E-state index in [0.29, 0.717) is 0 Å². The van der Waals surface area contributed by atoms with Crippen molar-refractivity contribution < 1.29 is 0 Å². The van der Waals surface area contributed by atoms with Gasteiger partial charge in [0.15, 0.2) is 0 Å². The molecule has 0 aliphatic carbocycles. The molecular weight excluding hydrogens is 244 g/mol. The first-order valence-electron chi connectivity index (χ1n) is 3.29. The smallest absolute Gasteiger partial charge is 0.0409 e. The predicted molar refractivity (Wildman–Crippen MR) is 56.7 cm³/mol. The van der Waals surface area contributed by atoms with Gasteiger partial charge in [0.25, 0.3) is 0 Å². The summed E-state index contributed by atoms with van der Waals surface area (Å²) >= 11 is 13.4. The summed E-state index contributed by atoms with van der Waals surface area (Å²) in [6.45, 7) is 0. The summed E-state index contributed by atoms with van der Waals surface area (Å²) in [5.41, 5.74) is 1.22. The number of halogens is 2. The number of aryl methyl sites for hydroxylation is 1. The van der Waals surface area contributed by atoms with Gasteiger partial charge >= 0.3 is 0 Å². The Hall–Kier alpha value is 0.340. The molecule has 3 heteroatoms. The van der Waals surface area contributed by atoms with E-state index < -0.39 is 0 Å². The summed E-state index contributed by atoms with van der Waals surface area (Å²) in [4.78, 5) is 0. The summed E-state index contributed by atoms with van der Waals surface area (Å²) in [5, 5.41) is 0.782. The van der Waals surface area contributed by atoms with Crippen molar-refractivity contribution in [1.29, 1.82) is 0 Å². The van der Waals surface area contributed by atoms with Crippen molar-refractivity contribution >= 4 is 40.2 Å². The second-order valence-corrected chi connectivity index (χ2v) is 3.95. The number of thiol groups is 1. The van der Waals surface area contributed by atoms with E-state index in [-0.39, 0.29) is 0 Å². The molecule has 0 aromatic heterocycles. The quantitative estimate of drug-likeness (QED) is 0.763. The van der Waals surface area contributed by atoms with E-state index in [0.717, 1.165) is 21.7 Å². The van der Waals surface area contributed by atoms with Crippen molar-refractivity contribution in [3.8, 4) is 0 Å². The maximum atomic E-state index is 5.81. The number of rotatable bonds is 2. The summed E-state index contributed by atoms with van der Waals surface area (Å²) < 4.78 is 1.11. The third-order valence-corrected chi connectivity index (χ3v) is 2.62. The van der Waals surface area contributed by atoms with Crippen molar-refractivity contribution in [2.75, 3.05) is 5.75 Å². The highest BCUT2D eigenvalue weighted by atomic mass is 79.9. The van der Waals surface area contributed by atoms with Crippen molar-refractivity contribution in [2.24, 2.45) is 0 Å². The molecule has 0 atom stereocenters. The van der Waals surface area contributed by atoms with Gasteiger partial charge < -0.3 is 0 Å². The normalized spacial score (nSPS) is 10.1. The minimum atomic E-state index is 0.782. The molecule has 0 spiro atoms. The lowest BCUT2D eigenvalue weighted by atomic mass is 10.2. The highest BCUT2D eigenvalue weighted by molar-refractivity contribution is 9.10. The first-order valence-corrected chi connectivity index (χ1v) is 5.09. The summed E-state index contributed by atoms with van der Waals surface area (Å²) in [5.74, 6) is 0.846. The van der Waals surface area contributed by atoms with Gasteiger partial charge in [-0.05, 0) is 35.9 Å². The van der Waals surface area contributed by atoms with Gasteiger partial charge in [0, 0.05) is 9.50 Å². The highest BCUT2D eigenvalue weighted by Gasteiger charge is 1.98. The van der Waals surface area contributed by atoms with E-state index in [1.165, 1.54) is 5.56 Å². The molecule has 0 unspecified atom stereocenters. The molecule has 0 heterocycles. The van der Waals surface area contributed by atoms with Crippen LogP contribution in [0.1, 0.15) is 5.56 Å². The Kier molecular flexibility index (Phi) is 3.76. The molecule has 0 bridgehead atoms. The van der Waals surface area contributed by atoms with Gasteiger partial charge in [-0.2, -0.15) is 12.6 Å². The van der Waals surface area contributed by atoms with E-state index in [4.69, 9.17) is 11.6 Å². The minimum absolute atomic E-state index is 0.782. The van der Waals surface area contributed by atoms with E-state index in [1.807, 2.05) is 18.2 Å². The maximum Gasteiger partial charge on any atom is 0.0409 e. The van der Waals surface area contributed by atoms with Gasteiger partial charge in [-0.25, -0.2) is 0 Å². The van der Waals surface area contributed by atoms with Gasteiger partial charge in [-0.1, -0.05) is 27.5 Å². The van der Waals surface area contributed by atoms with E-state index in [9.17, 15) is 0 Å². The third kappa shape index (κ3) is 2.69. The molecule has 0 saturated heterocycles. The number of benzene rings is 1. The summed E-state index contributed by atoms with van der Waals surface area (Å²) in [7, 11) is 0. The molecule has 1 aromatic carbocycles. The minimum Gasteiger partial charge on any atom is -0.179 e. The van der Waals surface area contributed by atoms with Gasteiger partial charge in [-0.3, -0.25) is 0 Å². The molecule has 0 nitrogen and oxygen atoms in total. The Bertz CT molecular complexity index is 250. The molecule has 1 aromatic rings. The zero-order valence-corrected chi connectivity index (χ0v) is 9.09. The fourth-order valence-corrected chi connectivity index (χ4v) is 1.74. The molecule has 60 valence electrons. The van der Waals surface area contributed by atoms with Gasteiger partial charge in [0.05, 0.1) is 0 Å². The van der Waals surface area contributed by atoms with Crippen molar-refractivity contribution in [1.82, 2.24) is 0 Å². The topological polar surface area (TPSA) is 0 Å². The zero-order valence-electron chi connectivity index (χ0n) is 5.85.